The molecule has 0 fully saturated rings. The van der Waals surface area contributed by atoms with Crippen LogP contribution in [0.5, 0.6) is 0 Å². The lowest BCUT2D eigenvalue weighted by Crippen LogP contribution is -2.28. The number of aliphatic hydroxyl groups is 1. The summed E-state index contributed by atoms with van der Waals surface area (Å²) in [6, 6.07) is 0. The van der Waals surface area contributed by atoms with Gasteiger partial charge in [0.2, 0.25) is 0 Å². The fraction of sp³-hybridized carbons (Fsp3) is 0.951. The molecule has 0 aromatic rings. The zero-order chi connectivity index (χ0) is 33.6. The van der Waals surface area contributed by atoms with Crippen LogP contribution >= 0.6 is 0 Å². The Morgan fingerprint density at radius 2 is 0.674 bits per heavy atom. The van der Waals surface area contributed by atoms with Gasteiger partial charge in [-0.2, -0.15) is 0 Å². The molecule has 0 aliphatic heterocycles. The molecule has 1 N–H and O–H groups in total. The van der Waals surface area contributed by atoms with E-state index in [1.807, 2.05) is 0 Å². The number of esters is 2. The Balaban J connectivity index is 3.43. The molecular weight excluding hydrogens is 572 g/mol. The minimum atomic E-state index is -0.760. The summed E-state index contributed by atoms with van der Waals surface area (Å²) in [5.74, 6) is -0.577. The third kappa shape index (κ3) is 35.7. The van der Waals surface area contributed by atoms with Crippen LogP contribution in [0.1, 0.15) is 232 Å². The minimum Gasteiger partial charge on any atom is -0.462 e. The molecule has 5 heteroatoms. The lowest BCUT2D eigenvalue weighted by atomic mass is 10.0. The predicted molar refractivity (Wildman–Crippen MR) is 196 cm³/mol. The van der Waals surface area contributed by atoms with Crippen LogP contribution in [0.4, 0.5) is 0 Å². The van der Waals surface area contributed by atoms with Crippen LogP contribution in [-0.2, 0) is 19.1 Å². The highest BCUT2D eigenvalue weighted by Gasteiger charge is 2.16. The van der Waals surface area contributed by atoms with Crippen LogP contribution < -0.4 is 0 Å². The normalized spacial score (nSPS) is 12.0. The quantitative estimate of drug-likeness (QED) is 0.0531. The van der Waals surface area contributed by atoms with Crippen LogP contribution in [0.2, 0.25) is 0 Å². The summed E-state index contributed by atoms with van der Waals surface area (Å²) in [4.78, 5) is 24.2. The topological polar surface area (TPSA) is 72.8 Å². The van der Waals surface area contributed by atoms with E-state index in [1.54, 1.807) is 0 Å². The van der Waals surface area contributed by atoms with Crippen molar-refractivity contribution in [3.8, 4) is 0 Å². The SMILES string of the molecule is CCCCCCCCCCCCCCCCCCCCCCCCC(=O)O[C@@H](CO)COC(=O)CCCCCCCCCCCC. The first-order chi connectivity index (χ1) is 22.6. The molecule has 0 radical (unpaired) electrons. The van der Waals surface area contributed by atoms with Crippen molar-refractivity contribution in [3.63, 3.8) is 0 Å². The minimum absolute atomic E-state index is 0.0574. The average molecular weight is 653 g/mol. The number of ether oxygens (including phenoxy) is 2. The highest BCUT2D eigenvalue weighted by Crippen LogP contribution is 2.16. The van der Waals surface area contributed by atoms with Crippen LogP contribution in [0.25, 0.3) is 0 Å². The van der Waals surface area contributed by atoms with E-state index in [-0.39, 0.29) is 25.2 Å². The molecule has 0 saturated carbocycles. The van der Waals surface area contributed by atoms with Crippen LogP contribution in [-0.4, -0.2) is 36.4 Å². The van der Waals surface area contributed by atoms with Crippen molar-refractivity contribution in [1.29, 1.82) is 0 Å². The smallest absolute Gasteiger partial charge is 0.306 e. The highest BCUT2D eigenvalue weighted by molar-refractivity contribution is 5.70. The van der Waals surface area contributed by atoms with Crippen molar-refractivity contribution in [2.75, 3.05) is 13.2 Å². The second-order valence-electron chi connectivity index (χ2n) is 14.1. The molecular formula is C41H80O5. The Hall–Kier alpha value is -1.10. The summed E-state index contributed by atoms with van der Waals surface area (Å²) in [5, 5.41) is 9.54. The number of carbonyl (C=O) groups is 2. The van der Waals surface area contributed by atoms with E-state index < -0.39 is 6.10 Å². The molecule has 1 atom stereocenters. The number of hydrogen-bond donors (Lipinski definition) is 1. The molecule has 0 amide bonds. The largest absolute Gasteiger partial charge is 0.462 e. The lowest BCUT2D eigenvalue weighted by molar-refractivity contribution is -0.161. The number of rotatable bonds is 38. The molecule has 0 bridgehead atoms. The van der Waals surface area contributed by atoms with E-state index in [1.165, 1.54) is 167 Å². The van der Waals surface area contributed by atoms with Gasteiger partial charge in [-0.3, -0.25) is 9.59 Å². The van der Waals surface area contributed by atoms with Gasteiger partial charge >= 0.3 is 11.9 Å². The molecule has 0 aromatic heterocycles. The summed E-state index contributed by atoms with van der Waals surface area (Å²) in [6.07, 6.45) is 41.8. The number of carbonyl (C=O) groups excluding carboxylic acids is 2. The van der Waals surface area contributed by atoms with E-state index in [2.05, 4.69) is 13.8 Å². The van der Waals surface area contributed by atoms with Crippen LogP contribution in [0, 0.1) is 0 Å². The second kappa shape index (κ2) is 38.3. The van der Waals surface area contributed by atoms with Crippen molar-refractivity contribution in [3.05, 3.63) is 0 Å². The zero-order valence-corrected chi connectivity index (χ0v) is 31.1. The maximum absolute atomic E-state index is 12.2. The van der Waals surface area contributed by atoms with Gasteiger partial charge in [0.05, 0.1) is 6.61 Å². The van der Waals surface area contributed by atoms with E-state index >= 15 is 0 Å². The first kappa shape index (κ1) is 44.9. The Bertz CT molecular complexity index is 622. The van der Waals surface area contributed by atoms with Gasteiger partial charge < -0.3 is 14.6 Å². The van der Waals surface area contributed by atoms with Gasteiger partial charge in [-0.05, 0) is 12.8 Å². The molecule has 0 heterocycles. The van der Waals surface area contributed by atoms with Crippen molar-refractivity contribution in [2.45, 2.75) is 238 Å². The molecule has 0 aromatic carbocycles. The van der Waals surface area contributed by atoms with Gasteiger partial charge in [-0.15, -0.1) is 0 Å². The average Bonchev–Trinajstić information content (AvgIpc) is 3.06. The van der Waals surface area contributed by atoms with Crippen molar-refractivity contribution < 1.29 is 24.2 Å². The van der Waals surface area contributed by atoms with Gasteiger partial charge in [0.25, 0.3) is 0 Å². The molecule has 0 unspecified atom stereocenters. The zero-order valence-electron chi connectivity index (χ0n) is 31.1. The van der Waals surface area contributed by atoms with Gasteiger partial charge in [-0.1, -0.05) is 206 Å². The molecule has 0 rings (SSSR count). The van der Waals surface area contributed by atoms with E-state index in [0.29, 0.717) is 12.8 Å². The van der Waals surface area contributed by atoms with Crippen molar-refractivity contribution >= 4 is 11.9 Å². The molecule has 5 nitrogen and oxygen atoms in total. The molecule has 274 valence electrons. The van der Waals surface area contributed by atoms with Gasteiger partial charge in [0.15, 0.2) is 6.10 Å². The molecule has 0 aliphatic carbocycles. The fourth-order valence-corrected chi connectivity index (χ4v) is 6.26. The van der Waals surface area contributed by atoms with Gasteiger partial charge in [0, 0.05) is 12.8 Å². The molecule has 46 heavy (non-hydrogen) atoms. The third-order valence-electron chi connectivity index (χ3n) is 9.40. The first-order valence-electron chi connectivity index (χ1n) is 20.6. The van der Waals surface area contributed by atoms with Crippen LogP contribution in [0.15, 0.2) is 0 Å². The number of hydrogen-bond acceptors (Lipinski definition) is 5. The van der Waals surface area contributed by atoms with E-state index in [0.717, 1.165) is 38.5 Å². The second-order valence-corrected chi connectivity index (χ2v) is 14.1. The monoisotopic (exact) mass is 653 g/mol. The number of aliphatic hydroxyl groups excluding tert-OH is 1. The number of unbranched alkanes of at least 4 members (excludes halogenated alkanes) is 30. The fourth-order valence-electron chi connectivity index (χ4n) is 6.26. The Kier molecular flexibility index (Phi) is 37.4. The Morgan fingerprint density at radius 1 is 0.413 bits per heavy atom. The standard InChI is InChI=1S/C41H80O5/c1-3-5-7-9-11-13-15-16-17-18-19-20-21-22-23-24-25-26-28-30-32-34-36-41(44)46-39(37-42)38-45-40(43)35-33-31-29-27-14-12-10-8-6-4-2/h39,42H,3-38H2,1-2H3/t39-/m0/s1. The maximum Gasteiger partial charge on any atom is 0.306 e. The summed E-state index contributed by atoms with van der Waals surface area (Å²) in [6.45, 7) is 4.15. The molecule has 0 saturated heterocycles. The Morgan fingerprint density at radius 3 is 0.957 bits per heavy atom. The predicted octanol–water partition coefficient (Wildman–Crippen LogP) is 12.7. The Labute approximate surface area is 287 Å². The van der Waals surface area contributed by atoms with E-state index in [4.69, 9.17) is 9.47 Å². The summed E-state index contributed by atoms with van der Waals surface area (Å²) in [7, 11) is 0. The first-order valence-corrected chi connectivity index (χ1v) is 20.6. The maximum atomic E-state index is 12.2. The van der Waals surface area contributed by atoms with Crippen LogP contribution in [0.3, 0.4) is 0 Å². The van der Waals surface area contributed by atoms with Gasteiger partial charge in [-0.25, -0.2) is 0 Å². The molecule has 0 spiro atoms. The highest BCUT2D eigenvalue weighted by atomic mass is 16.6. The van der Waals surface area contributed by atoms with Gasteiger partial charge in [0.1, 0.15) is 6.61 Å². The van der Waals surface area contributed by atoms with Crippen molar-refractivity contribution in [1.82, 2.24) is 0 Å². The van der Waals surface area contributed by atoms with Crippen molar-refractivity contribution in [2.24, 2.45) is 0 Å². The lowest BCUT2D eigenvalue weighted by Gasteiger charge is -2.15. The van der Waals surface area contributed by atoms with E-state index in [9.17, 15) is 14.7 Å². The molecule has 0 aliphatic rings. The third-order valence-corrected chi connectivity index (χ3v) is 9.40. The summed E-state index contributed by atoms with van der Waals surface area (Å²) >= 11 is 0. The summed E-state index contributed by atoms with van der Waals surface area (Å²) in [5.41, 5.74) is 0. The summed E-state index contributed by atoms with van der Waals surface area (Å²) < 4.78 is 10.6.